The summed E-state index contributed by atoms with van der Waals surface area (Å²) in [6.07, 6.45) is 9.98. The Labute approximate surface area is 225 Å². The molecule has 184 valence electrons. The van der Waals surface area contributed by atoms with Crippen LogP contribution in [0.5, 0.6) is 0 Å². The van der Waals surface area contributed by atoms with Gasteiger partial charge in [-0.25, -0.2) is 4.84 Å². The number of nitrogens with one attached hydrogen (secondary N) is 1. The fraction of sp³-hybridized carbons (Fsp3) is 0.481. The molecular weight excluding hydrogens is 519 g/mol. The number of aryl methyl sites for hydroxylation is 1. The summed E-state index contributed by atoms with van der Waals surface area (Å²) in [7, 11) is 0. The maximum Gasteiger partial charge on any atom is 0.266 e. The number of hydrogen-bond acceptors (Lipinski definition) is 5. The summed E-state index contributed by atoms with van der Waals surface area (Å²) in [6, 6.07) is 9.93. The molecule has 2 heterocycles. The minimum absolute atomic E-state index is 0.0512. The lowest BCUT2D eigenvalue weighted by atomic mass is 9.54. The van der Waals surface area contributed by atoms with Crippen molar-refractivity contribution in [3.05, 3.63) is 51.6 Å². The van der Waals surface area contributed by atoms with E-state index >= 15 is 0 Å². The monoisotopic (exact) mass is 546 g/mol. The number of rotatable bonds is 7. The largest absolute Gasteiger partial charge is 0.456 e. The summed E-state index contributed by atoms with van der Waals surface area (Å²) in [4.78, 5) is 19.0. The molecule has 1 saturated heterocycles. The SMILES string of the molecule is O=C1/C(=C/c2oc(-c3ccc(Cl)cc3)cc2CCCNCl)SC(=S)N1C1C2CC3CC(C2)CC1C3. The lowest BCUT2D eigenvalue weighted by Gasteiger charge is -2.56. The number of furan rings is 1. The van der Waals surface area contributed by atoms with E-state index in [1.54, 1.807) is 0 Å². The Morgan fingerprint density at radius 3 is 2.46 bits per heavy atom. The topological polar surface area (TPSA) is 45.5 Å². The van der Waals surface area contributed by atoms with Gasteiger partial charge in [-0.3, -0.25) is 9.69 Å². The summed E-state index contributed by atoms with van der Waals surface area (Å²) >= 11 is 18.9. The van der Waals surface area contributed by atoms with Crippen molar-refractivity contribution in [3.63, 3.8) is 0 Å². The minimum atomic E-state index is 0.0512. The zero-order valence-electron chi connectivity index (χ0n) is 19.3. The highest BCUT2D eigenvalue weighted by molar-refractivity contribution is 8.26. The van der Waals surface area contributed by atoms with Crippen molar-refractivity contribution in [2.45, 2.75) is 51.0 Å². The van der Waals surface area contributed by atoms with Crippen LogP contribution in [0, 0.1) is 23.7 Å². The molecule has 1 aromatic heterocycles. The number of carbonyl (C=O) groups is 1. The lowest BCUT2D eigenvalue weighted by molar-refractivity contribution is -0.130. The summed E-state index contributed by atoms with van der Waals surface area (Å²) in [5, 5.41) is 0.683. The molecule has 0 spiro atoms. The first-order valence-corrected chi connectivity index (χ1v) is 14.5. The minimum Gasteiger partial charge on any atom is -0.456 e. The van der Waals surface area contributed by atoms with Crippen LogP contribution >= 0.6 is 47.4 Å². The number of nitrogens with zero attached hydrogens (tertiary/aromatic N) is 1. The van der Waals surface area contributed by atoms with E-state index in [1.165, 1.54) is 43.9 Å². The number of thioether (sulfide) groups is 1. The van der Waals surface area contributed by atoms with E-state index in [2.05, 4.69) is 10.9 Å². The van der Waals surface area contributed by atoms with E-state index in [0.29, 0.717) is 32.6 Å². The van der Waals surface area contributed by atoms with Crippen molar-refractivity contribution < 1.29 is 9.21 Å². The Balaban J connectivity index is 1.29. The molecule has 0 unspecified atom stereocenters. The molecule has 7 rings (SSSR count). The zero-order chi connectivity index (χ0) is 24.1. The van der Waals surface area contributed by atoms with Gasteiger partial charge in [0.05, 0.1) is 4.91 Å². The van der Waals surface area contributed by atoms with Gasteiger partial charge in [0.2, 0.25) is 0 Å². The standard InChI is InChI=1S/C27H28Cl2N2O2S2/c28-21-5-3-17(4-6-21)22-13-18(2-1-7-30-29)23(33-22)14-24-26(32)31(27(34)35-24)25-19-9-15-8-16(11-19)12-20(25)10-15/h3-6,13-16,19-20,25,30H,1-2,7-12H2/b24-14-. The van der Waals surface area contributed by atoms with Crippen molar-refractivity contribution >= 4 is 63.7 Å². The van der Waals surface area contributed by atoms with Crippen molar-refractivity contribution in [1.82, 2.24) is 9.74 Å². The van der Waals surface area contributed by atoms with Crippen LogP contribution in [0.3, 0.4) is 0 Å². The Bertz CT molecular complexity index is 1150. The van der Waals surface area contributed by atoms with E-state index in [-0.39, 0.29) is 11.9 Å². The number of carbonyl (C=O) groups excluding carboxylic acids is 1. The van der Waals surface area contributed by atoms with Crippen LogP contribution in [0.25, 0.3) is 17.4 Å². The molecule has 5 aliphatic rings. The van der Waals surface area contributed by atoms with E-state index in [9.17, 15) is 4.79 Å². The molecule has 1 amide bonds. The van der Waals surface area contributed by atoms with Crippen LogP contribution in [0.4, 0.5) is 0 Å². The van der Waals surface area contributed by atoms with Crippen molar-refractivity contribution in [2.75, 3.05) is 6.54 Å². The number of benzene rings is 1. The predicted octanol–water partition coefficient (Wildman–Crippen LogP) is 7.30. The maximum atomic E-state index is 13.7. The smallest absolute Gasteiger partial charge is 0.266 e. The molecule has 4 saturated carbocycles. The van der Waals surface area contributed by atoms with Crippen molar-refractivity contribution in [3.8, 4) is 11.3 Å². The van der Waals surface area contributed by atoms with Crippen molar-refractivity contribution in [2.24, 2.45) is 23.7 Å². The van der Waals surface area contributed by atoms with Gasteiger partial charge in [0, 0.05) is 29.2 Å². The van der Waals surface area contributed by atoms with Gasteiger partial charge in [-0.05, 0) is 116 Å². The third kappa shape index (κ3) is 4.61. The normalized spacial score (nSPS) is 30.7. The van der Waals surface area contributed by atoms with E-state index in [0.717, 1.165) is 47.3 Å². The molecule has 1 N–H and O–H groups in total. The van der Waals surface area contributed by atoms with Crippen LogP contribution in [0.1, 0.15) is 49.8 Å². The Morgan fingerprint density at radius 1 is 1.11 bits per heavy atom. The van der Waals surface area contributed by atoms with Crippen LogP contribution in [-0.2, 0) is 11.2 Å². The number of amides is 1. The van der Waals surface area contributed by atoms with Crippen LogP contribution in [0.2, 0.25) is 5.02 Å². The molecule has 1 aliphatic heterocycles. The third-order valence-corrected chi connectivity index (χ3v) is 10.0. The quantitative estimate of drug-likeness (QED) is 0.171. The van der Waals surface area contributed by atoms with E-state index < -0.39 is 0 Å². The van der Waals surface area contributed by atoms with Gasteiger partial charge in [-0.1, -0.05) is 35.6 Å². The first-order valence-electron chi connectivity index (χ1n) is 12.5. The third-order valence-electron chi connectivity index (χ3n) is 8.25. The highest BCUT2D eigenvalue weighted by atomic mass is 35.5. The zero-order valence-corrected chi connectivity index (χ0v) is 22.5. The second kappa shape index (κ2) is 9.86. The number of hydrogen-bond donors (Lipinski definition) is 1. The van der Waals surface area contributed by atoms with Gasteiger partial charge in [-0.2, -0.15) is 0 Å². The first-order chi connectivity index (χ1) is 17.0. The predicted molar refractivity (Wildman–Crippen MR) is 147 cm³/mol. The second-order valence-corrected chi connectivity index (χ2v) is 12.8. The van der Waals surface area contributed by atoms with E-state index in [4.69, 9.17) is 40.0 Å². The van der Waals surface area contributed by atoms with Gasteiger partial charge in [0.15, 0.2) is 0 Å². The van der Waals surface area contributed by atoms with Gasteiger partial charge in [0.25, 0.3) is 5.91 Å². The lowest BCUT2D eigenvalue weighted by Crippen LogP contribution is -2.57. The number of thiocarbonyl (C=S) groups is 1. The number of halogens is 2. The van der Waals surface area contributed by atoms with Gasteiger partial charge in [0.1, 0.15) is 15.8 Å². The van der Waals surface area contributed by atoms with Crippen LogP contribution in [-0.4, -0.2) is 27.7 Å². The van der Waals surface area contributed by atoms with Crippen LogP contribution < -0.4 is 4.84 Å². The van der Waals surface area contributed by atoms with Gasteiger partial charge < -0.3 is 4.42 Å². The Kier molecular flexibility index (Phi) is 6.78. The fourth-order valence-electron chi connectivity index (χ4n) is 7.04. The Hall–Kier alpha value is -1.31. The summed E-state index contributed by atoms with van der Waals surface area (Å²) in [5.74, 6) is 4.46. The van der Waals surface area contributed by atoms with Crippen molar-refractivity contribution in [1.29, 1.82) is 0 Å². The molecule has 1 aromatic carbocycles. The second-order valence-electron chi connectivity index (χ2n) is 10.5. The van der Waals surface area contributed by atoms with Gasteiger partial charge >= 0.3 is 0 Å². The average molecular weight is 548 g/mol. The molecule has 8 heteroatoms. The molecule has 0 radical (unpaired) electrons. The molecule has 0 atom stereocenters. The molecule has 4 bridgehead atoms. The van der Waals surface area contributed by atoms with Gasteiger partial charge in [-0.15, -0.1) is 0 Å². The molecule has 4 nitrogen and oxygen atoms in total. The molecule has 2 aromatic rings. The van der Waals surface area contributed by atoms with E-state index in [1.807, 2.05) is 35.2 Å². The highest BCUT2D eigenvalue weighted by Crippen LogP contribution is 2.56. The summed E-state index contributed by atoms with van der Waals surface area (Å²) < 4.78 is 7.00. The fourth-order valence-corrected chi connectivity index (χ4v) is 8.61. The first kappa shape index (κ1) is 24.1. The highest BCUT2D eigenvalue weighted by Gasteiger charge is 2.53. The molecular formula is C27H28Cl2N2O2S2. The Morgan fingerprint density at radius 2 is 1.80 bits per heavy atom. The summed E-state index contributed by atoms with van der Waals surface area (Å²) in [5.41, 5.74) is 2.01. The summed E-state index contributed by atoms with van der Waals surface area (Å²) in [6.45, 7) is 0.691. The molecule has 4 aliphatic carbocycles. The maximum absolute atomic E-state index is 13.7. The molecule has 35 heavy (non-hydrogen) atoms. The van der Waals surface area contributed by atoms with Crippen LogP contribution in [0.15, 0.2) is 39.7 Å². The molecule has 5 fully saturated rings. The average Bonchev–Trinajstić information content (AvgIpc) is 3.35.